The Hall–Kier alpha value is -1.47. The van der Waals surface area contributed by atoms with Crippen molar-refractivity contribution in [3.8, 4) is 0 Å². The van der Waals surface area contributed by atoms with Gasteiger partial charge in [-0.25, -0.2) is 12.8 Å². The zero-order valence-corrected chi connectivity index (χ0v) is 15.6. The maximum Gasteiger partial charge on any atom is 0.223 e. The van der Waals surface area contributed by atoms with Crippen LogP contribution in [0.5, 0.6) is 0 Å². The van der Waals surface area contributed by atoms with Crippen LogP contribution in [-0.2, 0) is 21.2 Å². The molecule has 0 unspecified atom stereocenters. The lowest BCUT2D eigenvalue weighted by Gasteiger charge is -2.31. The molecule has 0 spiro atoms. The van der Waals surface area contributed by atoms with Crippen molar-refractivity contribution in [1.29, 1.82) is 0 Å². The van der Waals surface area contributed by atoms with Gasteiger partial charge in [0.15, 0.2) is 9.84 Å². The number of sulfone groups is 1. The van der Waals surface area contributed by atoms with Gasteiger partial charge < -0.3 is 5.32 Å². The molecule has 1 saturated carbocycles. The van der Waals surface area contributed by atoms with E-state index in [0.29, 0.717) is 44.1 Å². The first-order chi connectivity index (χ1) is 12.4. The average Bonchev–Trinajstić information content (AvgIpc) is 3.33. The van der Waals surface area contributed by atoms with Crippen LogP contribution in [0.2, 0.25) is 0 Å². The molecule has 2 heterocycles. The molecule has 1 aliphatic carbocycles. The molecule has 142 valence electrons. The van der Waals surface area contributed by atoms with Gasteiger partial charge in [-0.2, -0.15) is 0 Å². The first kappa shape index (κ1) is 17.9. The predicted octanol–water partition coefficient (Wildman–Crippen LogP) is 1.59. The van der Waals surface area contributed by atoms with Crippen molar-refractivity contribution in [3.05, 3.63) is 35.6 Å². The Morgan fingerprint density at radius 3 is 2.69 bits per heavy atom. The summed E-state index contributed by atoms with van der Waals surface area (Å²) in [6, 6.07) is 6.58. The summed E-state index contributed by atoms with van der Waals surface area (Å²) >= 11 is 0. The van der Waals surface area contributed by atoms with E-state index in [1.54, 1.807) is 18.2 Å². The summed E-state index contributed by atoms with van der Waals surface area (Å²) in [4.78, 5) is 14.6. The minimum atomic E-state index is -3.20. The third-order valence-electron chi connectivity index (χ3n) is 6.03. The topological polar surface area (TPSA) is 66.5 Å². The maximum absolute atomic E-state index is 13.9. The van der Waals surface area contributed by atoms with Crippen molar-refractivity contribution in [3.63, 3.8) is 0 Å². The third kappa shape index (κ3) is 3.64. The van der Waals surface area contributed by atoms with E-state index in [2.05, 4.69) is 5.32 Å². The minimum Gasteiger partial charge on any atom is -0.356 e. The van der Waals surface area contributed by atoms with Gasteiger partial charge in [0.05, 0.1) is 11.0 Å². The monoisotopic (exact) mass is 380 g/mol. The van der Waals surface area contributed by atoms with Crippen molar-refractivity contribution in [2.75, 3.05) is 25.4 Å². The number of hydrogen-bond acceptors (Lipinski definition) is 4. The fraction of sp³-hybridized carbons (Fsp3) is 0.632. The standard InChI is InChI=1S/C19H25FN2O3S/c20-17-4-2-1-3-14(17)10-22-11-16-15(19(23)21-9-13-5-6-13)7-8-26(24,25)18(16)12-22/h1-4,13,15-16,18H,5-12H2,(H,21,23)/t15-,16+,18+/m0/s1. The predicted molar refractivity (Wildman–Crippen MR) is 96.6 cm³/mol. The Kier molecular flexibility index (Phi) is 4.77. The van der Waals surface area contributed by atoms with Gasteiger partial charge in [-0.1, -0.05) is 18.2 Å². The lowest BCUT2D eigenvalue weighted by Crippen LogP contribution is -2.47. The fourth-order valence-corrected chi connectivity index (χ4v) is 6.45. The summed E-state index contributed by atoms with van der Waals surface area (Å²) in [6.07, 6.45) is 2.73. The van der Waals surface area contributed by atoms with Crippen LogP contribution < -0.4 is 5.32 Å². The molecule has 2 saturated heterocycles. The average molecular weight is 380 g/mol. The molecule has 3 fully saturated rings. The van der Waals surface area contributed by atoms with E-state index in [4.69, 9.17) is 0 Å². The smallest absolute Gasteiger partial charge is 0.223 e. The number of likely N-dealkylation sites (tertiary alicyclic amines) is 1. The van der Waals surface area contributed by atoms with Gasteiger partial charge in [0, 0.05) is 43.6 Å². The molecular weight excluding hydrogens is 355 g/mol. The Balaban J connectivity index is 1.47. The number of fused-ring (bicyclic) bond motifs is 1. The van der Waals surface area contributed by atoms with Gasteiger partial charge in [0.1, 0.15) is 5.82 Å². The lowest BCUT2D eigenvalue weighted by molar-refractivity contribution is -0.126. The van der Waals surface area contributed by atoms with Crippen LogP contribution in [-0.4, -0.2) is 49.9 Å². The summed E-state index contributed by atoms with van der Waals surface area (Å²) in [5.74, 6) is -0.0576. The van der Waals surface area contributed by atoms with Crippen molar-refractivity contribution in [2.45, 2.75) is 31.1 Å². The number of rotatable bonds is 5. The molecule has 0 aromatic heterocycles. The van der Waals surface area contributed by atoms with Crippen molar-refractivity contribution >= 4 is 15.7 Å². The molecule has 1 amide bonds. The zero-order valence-electron chi connectivity index (χ0n) is 14.7. The molecule has 2 aliphatic heterocycles. The summed E-state index contributed by atoms with van der Waals surface area (Å²) < 4.78 is 39.0. The van der Waals surface area contributed by atoms with E-state index in [0.717, 1.165) is 0 Å². The molecule has 7 heteroatoms. The quantitative estimate of drug-likeness (QED) is 0.842. The van der Waals surface area contributed by atoms with E-state index in [-0.39, 0.29) is 29.3 Å². The second-order valence-electron chi connectivity index (χ2n) is 7.94. The molecule has 1 aromatic rings. The van der Waals surface area contributed by atoms with E-state index >= 15 is 0 Å². The van der Waals surface area contributed by atoms with E-state index in [1.807, 2.05) is 4.90 Å². The highest BCUT2D eigenvalue weighted by molar-refractivity contribution is 7.92. The van der Waals surface area contributed by atoms with Gasteiger partial charge in [0.2, 0.25) is 5.91 Å². The summed E-state index contributed by atoms with van der Waals surface area (Å²) in [7, 11) is -3.20. The second-order valence-corrected chi connectivity index (χ2v) is 10.3. The maximum atomic E-state index is 13.9. The van der Waals surface area contributed by atoms with E-state index in [9.17, 15) is 17.6 Å². The number of nitrogens with zero attached hydrogens (tertiary/aromatic N) is 1. The molecule has 1 aromatic carbocycles. The van der Waals surface area contributed by atoms with Crippen LogP contribution in [0, 0.1) is 23.6 Å². The molecule has 5 nitrogen and oxygen atoms in total. The SMILES string of the molecule is O=C(NCC1CC1)[C@H]1CCS(=O)(=O)[C@@H]2CN(Cc3ccccc3F)C[C@H]12. The molecule has 4 rings (SSSR count). The Labute approximate surface area is 153 Å². The fourth-order valence-electron chi connectivity index (χ4n) is 4.32. The largest absolute Gasteiger partial charge is 0.356 e. The van der Waals surface area contributed by atoms with Crippen LogP contribution in [0.25, 0.3) is 0 Å². The molecule has 1 N–H and O–H groups in total. The third-order valence-corrected chi connectivity index (χ3v) is 8.25. The molecular formula is C19H25FN2O3S. The number of hydrogen-bond donors (Lipinski definition) is 1. The molecule has 3 atom stereocenters. The first-order valence-electron chi connectivity index (χ1n) is 9.39. The Morgan fingerprint density at radius 2 is 1.96 bits per heavy atom. The van der Waals surface area contributed by atoms with Gasteiger partial charge in [-0.05, 0) is 31.2 Å². The lowest BCUT2D eigenvalue weighted by atomic mass is 9.87. The normalized spacial score (nSPS) is 30.7. The van der Waals surface area contributed by atoms with Gasteiger partial charge in [-0.15, -0.1) is 0 Å². The Bertz CT molecular complexity index is 794. The van der Waals surface area contributed by atoms with Crippen LogP contribution in [0.15, 0.2) is 24.3 Å². The minimum absolute atomic E-state index is 0.00505. The number of benzene rings is 1. The number of halogens is 1. The van der Waals surface area contributed by atoms with Crippen LogP contribution >= 0.6 is 0 Å². The number of amides is 1. The summed E-state index contributed by atoms with van der Waals surface area (Å²) in [5.41, 5.74) is 0.568. The highest BCUT2D eigenvalue weighted by Gasteiger charge is 2.50. The first-order valence-corrected chi connectivity index (χ1v) is 11.1. The number of carbonyl (C=O) groups excluding carboxylic acids is 1. The summed E-state index contributed by atoms with van der Waals surface area (Å²) in [6.45, 7) is 2.00. The van der Waals surface area contributed by atoms with E-state index < -0.39 is 15.1 Å². The number of carbonyl (C=O) groups is 1. The van der Waals surface area contributed by atoms with Crippen LogP contribution in [0.4, 0.5) is 4.39 Å². The molecule has 0 bridgehead atoms. The molecule has 0 radical (unpaired) electrons. The molecule has 26 heavy (non-hydrogen) atoms. The number of nitrogens with one attached hydrogen (secondary N) is 1. The second kappa shape index (κ2) is 6.93. The Morgan fingerprint density at radius 1 is 1.19 bits per heavy atom. The van der Waals surface area contributed by atoms with E-state index in [1.165, 1.54) is 18.9 Å². The van der Waals surface area contributed by atoms with Crippen molar-refractivity contribution in [2.24, 2.45) is 17.8 Å². The highest BCUT2D eigenvalue weighted by atomic mass is 32.2. The van der Waals surface area contributed by atoms with Gasteiger partial charge >= 0.3 is 0 Å². The highest BCUT2D eigenvalue weighted by Crippen LogP contribution is 2.38. The van der Waals surface area contributed by atoms with Crippen LogP contribution in [0.3, 0.4) is 0 Å². The summed E-state index contributed by atoms with van der Waals surface area (Å²) in [5, 5.41) is 2.50. The zero-order chi connectivity index (χ0) is 18.3. The van der Waals surface area contributed by atoms with Gasteiger partial charge in [-0.3, -0.25) is 9.69 Å². The molecule has 3 aliphatic rings. The van der Waals surface area contributed by atoms with Crippen LogP contribution in [0.1, 0.15) is 24.8 Å². The van der Waals surface area contributed by atoms with Crippen molar-refractivity contribution in [1.82, 2.24) is 10.2 Å². The van der Waals surface area contributed by atoms with Crippen molar-refractivity contribution < 1.29 is 17.6 Å². The van der Waals surface area contributed by atoms with Gasteiger partial charge in [0.25, 0.3) is 0 Å².